The highest BCUT2D eigenvalue weighted by Crippen LogP contribution is 1.98. The van der Waals surface area contributed by atoms with Crippen molar-refractivity contribution in [3.63, 3.8) is 0 Å². The summed E-state index contributed by atoms with van der Waals surface area (Å²) in [6, 6.07) is 0. The molecule has 0 atom stereocenters. The van der Waals surface area contributed by atoms with Crippen LogP contribution in [0.5, 0.6) is 0 Å². The highest BCUT2D eigenvalue weighted by molar-refractivity contribution is 5.76. The SMILES string of the molecule is CCCN(CCC(=O)O)C(=O)CC. The zero-order valence-electron chi connectivity index (χ0n) is 8.25. The molecule has 13 heavy (non-hydrogen) atoms. The van der Waals surface area contributed by atoms with Gasteiger partial charge in [0, 0.05) is 19.5 Å². The maximum atomic E-state index is 11.2. The van der Waals surface area contributed by atoms with E-state index in [1.54, 1.807) is 11.8 Å². The quantitative estimate of drug-likeness (QED) is 0.677. The van der Waals surface area contributed by atoms with Crippen molar-refractivity contribution in [1.82, 2.24) is 4.90 Å². The molecule has 0 aromatic heterocycles. The molecule has 0 saturated heterocycles. The van der Waals surface area contributed by atoms with Gasteiger partial charge in [0.25, 0.3) is 0 Å². The number of nitrogens with zero attached hydrogens (tertiary/aromatic N) is 1. The minimum atomic E-state index is -0.856. The first-order chi connectivity index (χ1) is 6.11. The Balaban J connectivity index is 3.93. The molecule has 0 unspecified atom stereocenters. The number of carbonyl (C=O) groups is 2. The maximum Gasteiger partial charge on any atom is 0.305 e. The fourth-order valence-corrected chi connectivity index (χ4v) is 1.09. The molecule has 0 aromatic carbocycles. The largest absolute Gasteiger partial charge is 0.481 e. The van der Waals surface area contributed by atoms with Crippen LogP contribution >= 0.6 is 0 Å². The second kappa shape index (κ2) is 6.46. The predicted octanol–water partition coefficient (Wildman–Crippen LogP) is 1.11. The lowest BCUT2D eigenvalue weighted by Gasteiger charge is -2.20. The monoisotopic (exact) mass is 187 g/mol. The number of amides is 1. The Kier molecular flexibility index (Phi) is 5.93. The van der Waals surface area contributed by atoms with Crippen LogP contribution in [0, 0.1) is 0 Å². The van der Waals surface area contributed by atoms with Gasteiger partial charge in [-0.05, 0) is 6.42 Å². The molecule has 0 spiro atoms. The van der Waals surface area contributed by atoms with Crippen molar-refractivity contribution in [2.75, 3.05) is 13.1 Å². The Morgan fingerprint density at radius 1 is 1.23 bits per heavy atom. The van der Waals surface area contributed by atoms with Gasteiger partial charge < -0.3 is 10.0 Å². The van der Waals surface area contributed by atoms with Crippen molar-refractivity contribution in [2.45, 2.75) is 33.1 Å². The lowest BCUT2D eigenvalue weighted by atomic mass is 10.3. The Morgan fingerprint density at radius 2 is 1.85 bits per heavy atom. The van der Waals surface area contributed by atoms with E-state index in [9.17, 15) is 9.59 Å². The molecule has 0 saturated carbocycles. The lowest BCUT2D eigenvalue weighted by Crippen LogP contribution is -2.33. The summed E-state index contributed by atoms with van der Waals surface area (Å²) in [5, 5.41) is 8.45. The van der Waals surface area contributed by atoms with Crippen LogP contribution in [0.25, 0.3) is 0 Å². The fourth-order valence-electron chi connectivity index (χ4n) is 1.09. The van der Waals surface area contributed by atoms with E-state index in [0.29, 0.717) is 19.5 Å². The minimum Gasteiger partial charge on any atom is -0.481 e. The van der Waals surface area contributed by atoms with Gasteiger partial charge in [-0.15, -0.1) is 0 Å². The fraction of sp³-hybridized carbons (Fsp3) is 0.778. The summed E-state index contributed by atoms with van der Waals surface area (Å²) in [7, 11) is 0. The van der Waals surface area contributed by atoms with Crippen molar-refractivity contribution in [3.8, 4) is 0 Å². The number of carbonyl (C=O) groups excluding carboxylic acids is 1. The molecule has 1 N–H and O–H groups in total. The number of hydrogen-bond donors (Lipinski definition) is 1. The predicted molar refractivity (Wildman–Crippen MR) is 49.4 cm³/mol. The highest BCUT2D eigenvalue weighted by Gasteiger charge is 2.11. The zero-order chi connectivity index (χ0) is 10.3. The van der Waals surface area contributed by atoms with E-state index >= 15 is 0 Å². The molecule has 0 aliphatic carbocycles. The van der Waals surface area contributed by atoms with Crippen LogP contribution in [-0.4, -0.2) is 35.0 Å². The minimum absolute atomic E-state index is 0.0306. The summed E-state index contributed by atoms with van der Waals surface area (Å²) >= 11 is 0. The van der Waals surface area contributed by atoms with Gasteiger partial charge in [0.05, 0.1) is 6.42 Å². The molecule has 0 radical (unpaired) electrons. The van der Waals surface area contributed by atoms with E-state index < -0.39 is 5.97 Å². The van der Waals surface area contributed by atoms with Gasteiger partial charge in [0.1, 0.15) is 0 Å². The molecule has 4 nitrogen and oxygen atoms in total. The zero-order valence-corrected chi connectivity index (χ0v) is 8.25. The lowest BCUT2D eigenvalue weighted by molar-refractivity contribution is -0.138. The van der Waals surface area contributed by atoms with Crippen molar-refractivity contribution in [1.29, 1.82) is 0 Å². The number of carboxylic acid groups (broad SMARTS) is 1. The first-order valence-corrected chi connectivity index (χ1v) is 4.61. The first kappa shape index (κ1) is 11.9. The van der Waals surface area contributed by atoms with Crippen LogP contribution < -0.4 is 0 Å². The Morgan fingerprint density at radius 3 is 2.23 bits per heavy atom. The van der Waals surface area contributed by atoms with Crippen LogP contribution in [-0.2, 0) is 9.59 Å². The maximum absolute atomic E-state index is 11.2. The first-order valence-electron chi connectivity index (χ1n) is 4.61. The van der Waals surface area contributed by atoms with Crippen molar-refractivity contribution >= 4 is 11.9 Å². The molecule has 76 valence electrons. The number of carboxylic acids is 1. The third kappa shape index (κ3) is 5.22. The summed E-state index contributed by atoms with van der Waals surface area (Å²) in [6.45, 7) is 4.73. The van der Waals surface area contributed by atoms with Gasteiger partial charge in [-0.25, -0.2) is 0 Å². The molecule has 0 aromatic rings. The van der Waals surface area contributed by atoms with E-state index in [0.717, 1.165) is 6.42 Å². The van der Waals surface area contributed by atoms with Crippen LogP contribution in [0.1, 0.15) is 33.1 Å². The van der Waals surface area contributed by atoms with E-state index in [1.165, 1.54) is 0 Å². The molecule has 4 heteroatoms. The van der Waals surface area contributed by atoms with Crippen LogP contribution in [0.2, 0.25) is 0 Å². The molecule has 0 bridgehead atoms. The molecular formula is C9H17NO3. The Bertz CT molecular complexity index is 180. The molecule has 0 aliphatic rings. The second-order valence-corrected chi connectivity index (χ2v) is 2.88. The van der Waals surface area contributed by atoms with Gasteiger partial charge in [0.15, 0.2) is 0 Å². The topological polar surface area (TPSA) is 57.6 Å². The highest BCUT2D eigenvalue weighted by atomic mass is 16.4. The molecule has 0 aliphatic heterocycles. The summed E-state index contributed by atoms with van der Waals surface area (Å²) < 4.78 is 0. The average Bonchev–Trinajstić information content (AvgIpc) is 2.10. The van der Waals surface area contributed by atoms with E-state index in [1.807, 2.05) is 6.92 Å². The smallest absolute Gasteiger partial charge is 0.305 e. The normalized spacial score (nSPS) is 9.69. The summed E-state index contributed by atoms with van der Waals surface area (Å²) in [4.78, 5) is 23.1. The van der Waals surface area contributed by atoms with Crippen molar-refractivity contribution in [2.24, 2.45) is 0 Å². The summed E-state index contributed by atoms with van der Waals surface area (Å²) in [5.41, 5.74) is 0. The molecule has 1 amide bonds. The number of aliphatic carboxylic acids is 1. The van der Waals surface area contributed by atoms with Crippen molar-refractivity contribution in [3.05, 3.63) is 0 Å². The standard InChI is InChI=1S/C9H17NO3/c1-3-6-10(8(11)4-2)7-5-9(12)13/h3-7H2,1-2H3,(H,12,13). The van der Waals surface area contributed by atoms with Gasteiger partial charge in [-0.1, -0.05) is 13.8 Å². The van der Waals surface area contributed by atoms with E-state index in [4.69, 9.17) is 5.11 Å². The van der Waals surface area contributed by atoms with E-state index in [2.05, 4.69) is 0 Å². The van der Waals surface area contributed by atoms with Crippen LogP contribution in [0.15, 0.2) is 0 Å². The number of hydrogen-bond acceptors (Lipinski definition) is 2. The van der Waals surface area contributed by atoms with Crippen LogP contribution in [0.3, 0.4) is 0 Å². The summed E-state index contributed by atoms with van der Waals surface area (Å²) in [5.74, 6) is -0.826. The van der Waals surface area contributed by atoms with E-state index in [-0.39, 0.29) is 12.3 Å². The molecule has 0 rings (SSSR count). The van der Waals surface area contributed by atoms with Gasteiger partial charge in [-0.3, -0.25) is 9.59 Å². The van der Waals surface area contributed by atoms with Crippen molar-refractivity contribution < 1.29 is 14.7 Å². The molecule has 0 heterocycles. The Hall–Kier alpha value is -1.06. The molecule has 0 fully saturated rings. The number of rotatable bonds is 6. The average molecular weight is 187 g/mol. The summed E-state index contributed by atoms with van der Waals surface area (Å²) in [6.07, 6.45) is 1.34. The van der Waals surface area contributed by atoms with Gasteiger partial charge in [0.2, 0.25) is 5.91 Å². The second-order valence-electron chi connectivity index (χ2n) is 2.88. The Labute approximate surface area is 78.5 Å². The van der Waals surface area contributed by atoms with Gasteiger partial charge in [-0.2, -0.15) is 0 Å². The molecular weight excluding hydrogens is 170 g/mol. The third-order valence-electron chi connectivity index (χ3n) is 1.74. The van der Waals surface area contributed by atoms with Crippen LogP contribution in [0.4, 0.5) is 0 Å². The third-order valence-corrected chi connectivity index (χ3v) is 1.74. The van der Waals surface area contributed by atoms with Gasteiger partial charge >= 0.3 is 5.97 Å².